The second-order valence-corrected chi connectivity index (χ2v) is 30.7. The zero-order chi connectivity index (χ0) is 81.5. The SMILES string of the molecule is C=C(CC=C(C)CCC=C(C)C)CCC(C)(C)C=CCCC(C)=CCOC(COP(=O)(O)OC1CC(C(N)=O)C(C)(O)C(OC(N)=O)C1OC1OC(COC2OC(CO)C(O)C(O)C2O)C(OC2OC(C)C(OC3OC(C(=O)NC4=C(O)CCC4=O)C(O)C(O)C3O)C(O)C2NC(C)=O)C(O)C1NC(C)=O)C(=O)O. The number of rotatable bonds is 37. The number of aliphatic carboxylic acids is 1. The smallest absolute Gasteiger partial charge is 0.472 e. The molecule has 0 aromatic rings. The molecule has 4 saturated heterocycles. The minimum atomic E-state index is -5.73. The maximum Gasteiger partial charge on any atom is 0.472 e. The van der Waals surface area contributed by atoms with E-state index in [9.17, 15) is 104 Å². The molecule has 1 saturated carbocycles. The average molecular weight is 1580 g/mol. The van der Waals surface area contributed by atoms with Crippen molar-refractivity contribution in [1.82, 2.24) is 16.0 Å². The van der Waals surface area contributed by atoms with Crippen LogP contribution in [0.1, 0.15) is 133 Å². The maximum atomic E-state index is 14.2. The minimum Gasteiger partial charge on any atom is -0.510 e. The van der Waals surface area contributed by atoms with Gasteiger partial charge in [0, 0.05) is 26.7 Å². The van der Waals surface area contributed by atoms with Crippen molar-refractivity contribution in [2.24, 2.45) is 22.8 Å². The second kappa shape index (κ2) is 40.6. The van der Waals surface area contributed by atoms with Crippen LogP contribution in [0.2, 0.25) is 0 Å². The molecule has 27 unspecified atom stereocenters. The molecule has 5 amide bonds. The Labute approximate surface area is 629 Å². The van der Waals surface area contributed by atoms with Crippen LogP contribution in [-0.2, 0) is 89.7 Å². The number of nitrogens with two attached hydrogens (primary N) is 2. The summed E-state index contributed by atoms with van der Waals surface area (Å²) in [5, 5.41) is 140. The van der Waals surface area contributed by atoms with E-state index in [4.69, 9.17) is 67.9 Å². The number of carboxylic acids is 1. The second-order valence-electron chi connectivity index (χ2n) is 29.3. The summed E-state index contributed by atoms with van der Waals surface area (Å²) in [6, 6.07) is -3.93. The summed E-state index contributed by atoms with van der Waals surface area (Å²) < 4.78 is 84.0. The highest BCUT2D eigenvalue weighted by molar-refractivity contribution is 7.47. The van der Waals surface area contributed by atoms with Gasteiger partial charge in [-0.15, -0.1) is 0 Å². The van der Waals surface area contributed by atoms with Gasteiger partial charge in [-0.25, -0.2) is 14.2 Å². The van der Waals surface area contributed by atoms with Crippen molar-refractivity contribution in [3.63, 3.8) is 0 Å². The van der Waals surface area contributed by atoms with E-state index in [-0.39, 0.29) is 24.9 Å². The average Bonchev–Trinajstić information content (AvgIpc) is 1.80. The summed E-state index contributed by atoms with van der Waals surface area (Å²) in [5.74, 6) is -9.26. The molecule has 4 aliphatic heterocycles. The molecule has 5 fully saturated rings. The Morgan fingerprint density at radius 3 is 1.90 bits per heavy atom. The van der Waals surface area contributed by atoms with Crippen LogP contribution in [0.15, 0.2) is 70.7 Å². The number of primary amides is 2. The van der Waals surface area contributed by atoms with Crippen molar-refractivity contribution in [1.29, 1.82) is 0 Å². The lowest BCUT2D eigenvalue weighted by Crippen LogP contribution is -2.71. The quantitative estimate of drug-likeness (QED) is 0.0252. The largest absolute Gasteiger partial charge is 0.510 e. The fourth-order valence-electron chi connectivity index (χ4n) is 13.1. The van der Waals surface area contributed by atoms with Crippen molar-refractivity contribution in [2.75, 3.05) is 26.4 Å². The van der Waals surface area contributed by atoms with E-state index in [1.807, 2.05) is 6.08 Å². The van der Waals surface area contributed by atoms with Gasteiger partial charge in [0.25, 0.3) is 5.91 Å². The summed E-state index contributed by atoms with van der Waals surface area (Å²) in [6.45, 7) is 17.1. The first-order chi connectivity index (χ1) is 50.9. The molecule has 109 heavy (non-hydrogen) atoms. The van der Waals surface area contributed by atoms with E-state index in [1.54, 1.807) is 13.0 Å². The Bertz CT molecular complexity index is 3360. The van der Waals surface area contributed by atoms with Gasteiger partial charge < -0.3 is 141 Å². The van der Waals surface area contributed by atoms with Crippen molar-refractivity contribution in [3.05, 3.63) is 70.7 Å². The third-order valence-electron chi connectivity index (χ3n) is 19.5. The van der Waals surface area contributed by atoms with E-state index in [1.165, 1.54) is 18.1 Å². The molecule has 0 radical (unpaired) electrons. The third kappa shape index (κ3) is 25.4. The Morgan fingerprint density at radius 1 is 0.734 bits per heavy atom. The van der Waals surface area contributed by atoms with E-state index in [0.29, 0.717) is 12.8 Å². The Hall–Kier alpha value is -6.12. The van der Waals surface area contributed by atoms with E-state index < -0.39 is 246 Å². The Balaban J connectivity index is 1.25. The number of Topliss-reactive ketones (excluding diaryl/α,β-unsaturated/α-hetero) is 1. The van der Waals surface area contributed by atoms with E-state index in [2.05, 4.69) is 75.4 Å². The summed E-state index contributed by atoms with van der Waals surface area (Å²) in [5.41, 5.74) is 12.4. The highest BCUT2D eigenvalue weighted by Gasteiger charge is 2.62. The summed E-state index contributed by atoms with van der Waals surface area (Å²) in [4.78, 5) is 102. The number of nitrogens with one attached hydrogen (secondary N) is 3. The normalized spacial score (nSPS) is 35.6. The van der Waals surface area contributed by atoms with Crippen molar-refractivity contribution in [2.45, 2.75) is 286 Å². The van der Waals surface area contributed by atoms with Crippen molar-refractivity contribution in [3.8, 4) is 0 Å². The molecule has 618 valence electrons. The fourth-order valence-corrected chi connectivity index (χ4v) is 14.1. The van der Waals surface area contributed by atoms with Gasteiger partial charge in [-0.2, -0.15) is 0 Å². The van der Waals surface area contributed by atoms with Gasteiger partial charge in [0.05, 0.1) is 38.4 Å². The number of carboxylic acid groups (broad SMARTS) is 1. The summed E-state index contributed by atoms with van der Waals surface area (Å²) in [6.07, 6.45) is -32.5. The van der Waals surface area contributed by atoms with Crippen LogP contribution in [0.4, 0.5) is 4.79 Å². The third-order valence-corrected chi connectivity index (χ3v) is 20.5. The van der Waals surface area contributed by atoms with Gasteiger partial charge in [0.2, 0.25) is 17.7 Å². The maximum absolute atomic E-state index is 14.2. The minimum absolute atomic E-state index is 0.124. The van der Waals surface area contributed by atoms with E-state index >= 15 is 0 Å². The highest BCUT2D eigenvalue weighted by atomic mass is 31.2. The van der Waals surface area contributed by atoms with Gasteiger partial charge in [-0.05, 0) is 98.3 Å². The highest BCUT2D eigenvalue weighted by Crippen LogP contribution is 2.51. The van der Waals surface area contributed by atoms with Crippen LogP contribution in [0.25, 0.3) is 0 Å². The van der Waals surface area contributed by atoms with Crippen LogP contribution >= 0.6 is 7.82 Å². The monoisotopic (exact) mass is 1580 g/mol. The Morgan fingerprint density at radius 2 is 1.31 bits per heavy atom. The first-order valence-electron chi connectivity index (χ1n) is 35.7. The number of allylic oxidation sites excluding steroid dienone is 10. The molecule has 0 bridgehead atoms. The standard InChI is InChI=1S/C70H110N5O33P/c1-31(2)15-14-17-32(3)18-19-34(5)22-25-69(9,10)24-13-12-16-33(4)23-26-97-44(63(91)92)30-99-109(95,96)108-41-27-38(61(71)89)70(11,94)60(107-68(72)93)58(41)105-65-47(74-37(8)78)50(83)57(43(102-65)29-98-66-54(87)51(84)48(81)42(28-76)101-66)104-64-46(73-36(7)77)49(82)56(35(6)100-64)103-67-55(88)52(85)53(86)59(106-67)62(90)75-45-39(79)20-21-40(45)80/h13,15,18,23-24,35,38,41-44,46-60,64-67,76,79,81-88,94H,5,12,14,16-17,19-22,25-30H2,1-4,6-11H3,(H2,71,89)(H2,72,93)(H,73,77)(H,74,78)(H,75,90)(H,91,92)(H,95,96). The first kappa shape index (κ1) is 91.8. The summed E-state index contributed by atoms with van der Waals surface area (Å²) in [7, 11) is -5.73. The number of aliphatic hydroxyl groups is 11. The molecule has 6 rings (SSSR count). The number of phosphoric acid groups is 1. The number of carbonyl (C=O) groups is 7. The van der Waals surface area contributed by atoms with Gasteiger partial charge >= 0.3 is 19.9 Å². The van der Waals surface area contributed by atoms with Crippen molar-refractivity contribution >= 4 is 49.3 Å². The number of phosphoric ester groups is 1. The molecule has 6 aliphatic rings. The lowest BCUT2D eigenvalue weighted by molar-refractivity contribution is -0.365. The predicted molar refractivity (Wildman–Crippen MR) is 375 cm³/mol. The van der Waals surface area contributed by atoms with Crippen LogP contribution in [0.3, 0.4) is 0 Å². The molecular weight excluding hydrogens is 1470 g/mol. The van der Waals surface area contributed by atoms with E-state index in [0.717, 1.165) is 64.0 Å². The van der Waals surface area contributed by atoms with Crippen LogP contribution in [0.5, 0.6) is 0 Å². The van der Waals surface area contributed by atoms with Gasteiger partial charge in [0.1, 0.15) is 115 Å². The lowest BCUT2D eigenvalue weighted by atomic mass is 9.71. The van der Waals surface area contributed by atoms with Gasteiger partial charge in [-0.3, -0.25) is 33.0 Å². The molecule has 4 heterocycles. The van der Waals surface area contributed by atoms with Gasteiger partial charge in [-0.1, -0.05) is 73.1 Å². The zero-order valence-corrected chi connectivity index (χ0v) is 63.4. The predicted octanol–water partition coefficient (Wildman–Crippen LogP) is -1.36. The number of ether oxygens (including phenoxy) is 10. The number of hydrogen-bond acceptors (Lipinski definition) is 31. The first-order valence-corrected chi connectivity index (χ1v) is 37.2. The molecule has 0 aromatic carbocycles. The zero-order valence-electron chi connectivity index (χ0n) is 62.5. The molecule has 39 heteroatoms. The topological polar surface area (TPSA) is 598 Å². The number of carbonyl (C=O) groups excluding carboxylic acids is 6. The molecule has 20 N–H and O–H groups in total. The molecule has 27 atom stereocenters. The molecular formula is C70H110N5O33P. The molecule has 0 spiro atoms. The van der Waals surface area contributed by atoms with Gasteiger partial charge in [0.15, 0.2) is 49.3 Å². The number of aliphatic hydroxyl groups excluding tert-OH is 10. The number of hydrogen-bond donors (Lipinski definition) is 18. The Kier molecular flexibility index (Phi) is 34.1. The summed E-state index contributed by atoms with van der Waals surface area (Å²) >= 11 is 0. The van der Waals surface area contributed by atoms with Crippen LogP contribution in [0, 0.1) is 11.3 Å². The van der Waals surface area contributed by atoms with Crippen LogP contribution in [-0.4, -0.2) is 287 Å². The lowest BCUT2D eigenvalue weighted by Gasteiger charge is -2.52. The molecule has 0 aromatic heterocycles. The van der Waals surface area contributed by atoms with Crippen LogP contribution < -0.4 is 27.4 Å². The molecule has 38 nitrogen and oxygen atoms in total. The number of ketones is 1. The number of amides is 5. The van der Waals surface area contributed by atoms with Crippen molar-refractivity contribution < 1.29 is 161 Å². The molecule has 2 aliphatic carbocycles. The fraction of sp³-hybridized carbons (Fsp3) is 0.729.